The minimum absolute atomic E-state index is 0.0826. The molecule has 0 bridgehead atoms. The molecule has 0 unspecified atom stereocenters. The quantitative estimate of drug-likeness (QED) is 0.618. The molecule has 1 aliphatic rings. The van der Waals surface area contributed by atoms with Crippen LogP contribution in [-0.4, -0.2) is 41.9 Å². The first-order valence-corrected chi connectivity index (χ1v) is 8.32. The smallest absolute Gasteiger partial charge is 0.269 e. The molecule has 0 spiro atoms. The molecule has 0 aliphatic carbocycles. The van der Waals surface area contributed by atoms with E-state index in [-0.39, 0.29) is 11.6 Å². The van der Waals surface area contributed by atoms with Gasteiger partial charge in [0, 0.05) is 31.6 Å². The van der Waals surface area contributed by atoms with Gasteiger partial charge in [0.25, 0.3) is 5.69 Å². The lowest BCUT2D eigenvalue weighted by molar-refractivity contribution is -0.384. The molecule has 1 aliphatic heterocycles. The fourth-order valence-electron chi connectivity index (χ4n) is 2.97. The molecule has 1 fully saturated rings. The molecular weight excluding hydrogens is 294 g/mol. The van der Waals surface area contributed by atoms with Crippen LogP contribution in [0.15, 0.2) is 24.3 Å². The average molecular weight is 319 g/mol. The van der Waals surface area contributed by atoms with Crippen molar-refractivity contribution >= 4 is 11.6 Å². The lowest BCUT2D eigenvalue weighted by Crippen LogP contribution is -2.40. The number of nitrogens with zero attached hydrogens (tertiary/aromatic N) is 2. The first-order chi connectivity index (χ1) is 11.1. The highest BCUT2D eigenvalue weighted by Crippen LogP contribution is 2.18. The molecule has 23 heavy (non-hydrogen) atoms. The normalized spacial score (nSPS) is 15.6. The number of amides is 1. The Morgan fingerprint density at radius 1 is 1.39 bits per heavy atom. The first-order valence-electron chi connectivity index (χ1n) is 8.32. The Labute approximate surface area is 137 Å². The average Bonchev–Trinajstić information content (AvgIpc) is 2.58. The summed E-state index contributed by atoms with van der Waals surface area (Å²) in [5.41, 5.74) is 0.925. The number of carbonyl (C=O) groups is 1. The van der Waals surface area contributed by atoms with Gasteiger partial charge in [-0.1, -0.05) is 19.1 Å². The standard InChI is InChI=1S/C17H25N3O3/c1-2-18-13-15-8-10-19(11-9-15)17(21)7-6-14-4-3-5-16(12-14)20(22)23/h3-5,12,15,18H,2,6-11,13H2,1H3. The van der Waals surface area contributed by atoms with Gasteiger partial charge in [-0.05, 0) is 43.8 Å². The molecule has 126 valence electrons. The van der Waals surface area contributed by atoms with Gasteiger partial charge in [0.2, 0.25) is 5.91 Å². The number of likely N-dealkylation sites (tertiary alicyclic amines) is 1. The maximum Gasteiger partial charge on any atom is 0.269 e. The van der Waals surface area contributed by atoms with E-state index in [1.54, 1.807) is 12.1 Å². The third-order valence-electron chi connectivity index (χ3n) is 4.40. The van der Waals surface area contributed by atoms with Crippen LogP contribution in [0.1, 0.15) is 31.7 Å². The Bertz CT molecular complexity index is 540. The highest BCUT2D eigenvalue weighted by atomic mass is 16.6. The zero-order valence-corrected chi connectivity index (χ0v) is 13.7. The van der Waals surface area contributed by atoms with Crippen LogP contribution in [0, 0.1) is 16.0 Å². The molecule has 1 saturated heterocycles. The SMILES string of the molecule is CCNCC1CCN(C(=O)CCc2cccc([N+](=O)[O-])c2)CC1. The zero-order chi connectivity index (χ0) is 16.7. The van der Waals surface area contributed by atoms with Gasteiger partial charge in [-0.3, -0.25) is 14.9 Å². The lowest BCUT2D eigenvalue weighted by atomic mass is 9.96. The second-order valence-corrected chi connectivity index (χ2v) is 6.06. The second-order valence-electron chi connectivity index (χ2n) is 6.06. The minimum Gasteiger partial charge on any atom is -0.343 e. The number of aryl methyl sites for hydroxylation is 1. The van der Waals surface area contributed by atoms with Gasteiger partial charge in [0.1, 0.15) is 0 Å². The summed E-state index contributed by atoms with van der Waals surface area (Å²) in [6.07, 6.45) is 3.07. The predicted molar refractivity (Wildman–Crippen MR) is 89.3 cm³/mol. The number of hydrogen-bond donors (Lipinski definition) is 1. The number of carbonyl (C=O) groups excluding carboxylic acids is 1. The van der Waals surface area contributed by atoms with Gasteiger partial charge in [-0.15, -0.1) is 0 Å². The number of benzene rings is 1. The molecule has 0 atom stereocenters. The van der Waals surface area contributed by atoms with Crippen LogP contribution in [0.2, 0.25) is 0 Å². The topological polar surface area (TPSA) is 75.5 Å². The number of nitro groups is 1. The molecule has 1 amide bonds. The van der Waals surface area contributed by atoms with Gasteiger partial charge in [0.05, 0.1) is 4.92 Å². The van der Waals surface area contributed by atoms with Crippen molar-refractivity contribution in [3.63, 3.8) is 0 Å². The lowest BCUT2D eigenvalue weighted by Gasteiger charge is -2.32. The Balaban J connectivity index is 1.77. The summed E-state index contributed by atoms with van der Waals surface area (Å²) in [4.78, 5) is 24.6. The van der Waals surface area contributed by atoms with Crippen LogP contribution >= 0.6 is 0 Å². The Kier molecular flexibility index (Phi) is 6.52. The molecule has 1 heterocycles. The number of rotatable bonds is 7. The van der Waals surface area contributed by atoms with Crippen molar-refractivity contribution in [1.82, 2.24) is 10.2 Å². The molecule has 6 heteroatoms. The third-order valence-corrected chi connectivity index (χ3v) is 4.40. The highest BCUT2D eigenvalue weighted by Gasteiger charge is 2.22. The summed E-state index contributed by atoms with van der Waals surface area (Å²) in [5, 5.41) is 14.1. The summed E-state index contributed by atoms with van der Waals surface area (Å²) in [5.74, 6) is 0.814. The number of hydrogen-bond acceptors (Lipinski definition) is 4. The van der Waals surface area contributed by atoms with Crippen molar-refractivity contribution < 1.29 is 9.72 Å². The molecule has 1 aromatic rings. The Morgan fingerprint density at radius 2 is 2.13 bits per heavy atom. The number of non-ortho nitro benzene ring substituents is 1. The van der Waals surface area contributed by atoms with Gasteiger partial charge in [0.15, 0.2) is 0 Å². The monoisotopic (exact) mass is 319 g/mol. The largest absolute Gasteiger partial charge is 0.343 e. The second kappa shape index (κ2) is 8.62. The summed E-state index contributed by atoms with van der Waals surface area (Å²) < 4.78 is 0. The maximum atomic E-state index is 12.3. The number of nitro benzene ring substituents is 1. The Morgan fingerprint density at radius 3 is 2.78 bits per heavy atom. The van der Waals surface area contributed by atoms with E-state index in [2.05, 4.69) is 12.2 Å². The molecule has 0 radical (unpaired) electrons. The fourth-order valence-corrected chi connectivity index (χ4v) is 2.97. The molecule has 2 rings (SSSR count). The molecule has 0 saturated carbocycles. The van der Waals surface area contributed by atoms with E-state index in [0.717, 1.165) is 44.6 Å². The molecule has 6 nitrogen and oxygen atoms in total. The molecule has 0 aromatic heterocycles. The van der Waals surface area contributed by atoms with Gasteiger partial charge in [-0.2, -0.15) is 0 Å². The molecular formula is C17H25N3O3. The van der Waals surface area contributed by atoms with Crippen LogP contribution in [0.5, 0.6) is 0 Å². The van der Waals surface area contributed by atoms with Gasteiger partial charge in [-0.25, -0.2) is 0 Å². The van der Waals surface area contributed by atoms with E-state index in [9.17, 15) is 14.9 Å². The fraction of sp³-hybridized carbons (Fsp3) is 0.588. The first kappa shape index (κ1) is 17.4. The van der Waals surface area contributed by atoms with E-state index in [4.69, 9.17) is 0 Å². The zero-order valence-electron chi connectivity index (χ0n) is 13.7. The summed E-state index contributed by atoms with van der Waals surface area (Å²) >= 11 is 0. The van der Waals surface area contributed by atoms with E-state index in [1.807, 2.05) is 11.0 Å². The predicted octanol–water partition coefficient (Wildman–Crippen LogP) is 2.38. The summed E-state index contributed by atoms with van der Waals surface area (Å²) in [7, 11) is 0. The minimum atomic E-state index is -0.402. The Hall–Kier alpha value is -1.95. The van der Waals surface area contributed by atoms with Crippen molar-refractivity contribution in [3.05, 3.63) is 39.9 Å². The van der Waals surface area contributed by atoms with Crippen LogP contribution < -0.4 is 5.32 Å². The number of piperidine rings is 1. The van der Waals surface area contributed by atoms with Crippen LogP contribution in [0.25, 0.3) is 0 Å². The van der Waals surface area contributed by atoms with Crippen molar-refractivity contribution in [2.75, 3.05) is 26.2 Å². The third kappa shape index (κ3) is 5.32. The maximum absolute atomic E-state index is 12.3. The van der Waals surface area contributed by atoms with Gasteiger partial charge >= 0.3 is 0 Å². The van der Waals surface area contributed by atoms with E-state index < -0.39 is 4.92 Å². The van der Waals surface area contributed by atoms with E-state index in [0.29, 0.717) is 18.8 Å². The van der Waals surface area contributed by atoms with Crippen LogP contribution in [0.4, 0.5) is 5.69 Å². The van der Waals surface area contributed by atoms with Crippen LogP contribution in [0.3, 0.4) is 0 Å². The van der Waals surface area contributed by atoms with Crippen molar-refractivity contribution in [2.45, 2.75) is 32.6 Å². The van der Waals surface area contributed by atoms with Gasteiger partial charge < -0.3 is 10.2 Å². The molecule has 1 N–H and O–H groups in total. The molecule has 1 aromatic carbocycles. The van der Waals surface area contributed by atoms with Crippen molar-refractivity contribution in [1.29, 1.82) is 0 Å². The number of nitrogens with one attached hydrogen (secondary N) is 1. The summed E-state index contributed by atoms with van der Waals surface area (Å²) in [6.45, 7) is 5.77. The van der Waals surface area contributed by atoms with Crippen molar-refractivity contribution in [3.8, 4) is 0 Å². The van der Waals surface area contributed by atoms with E-state index >= 15 is 0 Å². The summed E-state index contributed by atoms with van der Waals surface area (Å²) in [6, 6.07) is 6.53. The van der Waals surface area contributed by atoms with Crippen molar-refractivity contribution in [2.24, 2.45) is 5.92 Å². The van der Waals surface area contributed by atoms with Crippen LogP contribution in [-0.2, 0) is 11.2 Å². The highest BCUT2D eigenvalue weighted by molar-refractivity contribution is 5.76. The van der Waals surface area contributed by atoms with E-state index in [1.165, 1.54) is 6.07 Å².